The third kappa shape index (κ3) is 5.02. The van der Waals surface area contributed by atoms with Crippen LogP contribution in [0.3, 0.4) is 0 Å². The maximum atomic E-state index is 12.1. The van der Waals surface area contributed by atoms with Crippen molar-refractivity contribution in [3.63, 3.8) is 0 Å². The Morgan fingerprint density at radius 3 is 2.67 bits per heavy atom. The van der Waals surface area contributed by atoms with Crippen LogP contribution >= 0.6 is 0 Å². The van der Waals surface area contributed by atoms with Crippen molar-refractivity contribution in [2.75, 3.05) is 34.3 Å². The van der Waals surface area contributed by atoms with Gasteiger partial charge in [-0.05, 0) is 38.2 Å². The van der Waals surface area contributed by atoms with E-state index >= 15 is 0 Å². The minimum atomic E-state index is -0.113. The lowest BCUT2D eigenvalue weighted by Gasteiger charge is -2.26. The van der Waals surface area contributed by atoms with Gasteiger partial charge >= 0.3 is 0 Å². The molecule has 0 aromatic heterocycles. The Labute approximate surface area is 127 Å². The molecular formula is C16H27N3O2. The Morgan fingerprint density at radius 1 is 1.43 bits per heavy atom. The molecule has 0 radical (unpaired) electrons. The third-order valence-corrected chi connectivity index (χ3v) is 3.72. The van der Waals surface area contributed by atoms with Gasteiger partial charge in [0.1, 0.15) is 5.75 Å². The Morgan fingerprint density at radius 2 is 2.14 bits per heavy atom. The summed E-state index contributed by atoms with van der Waals surface area (Å²) >= 11 is 0. The Kier molecular flexibility index (Phi) is 7.19. The van der Waals surface area contributed by atoms with Gasteiger partial charge in [-0.25, -0.2) is 0 Å². The first kappa shape index (κ1) is 17.5. The number of rotatable bonds is 8. The number of nitrogens with two attached hydrogens (primary N) is 1. The number of carbonyl (C=O) groups is 1. The Balaban J connectivity index is 2.76. The highest BCUT2D eigenvalue weighted by atomic mass is 16.5. The van der Waals surface area contributed by atoms with Gasteiger partial charge in [-0.15, -0.1) is 0 Å². The molecule has 5 nitrogen and oxygen atoms in total. The largest absolute Gasteiger partial charge is 0.497 e. The van der Waals surface area contributed by atoms with Gasteiger partial charge in [-0.1, -0.05) is 19.1 Å². The number of carbonyl (C=O) groups excluding carboxylic acids is 1. The molecule has 0 aliphatic heterocycles. The molecule has 0 aliphatic rings. The summed E-state index contributed by atoms with van der Waals surface area (Å²) in [4.78, 5) is 14.1. The summed E-state index contributed by atoms with van der Waals surface area (Å²) in [5, 5.41) is 3.00. The van der Waals surface area contributed by atoms with Gasteiger partial charge in [0, 0.05) is 19.0 Å². The molecule has 5 heteroatoms. The minimum Gasteiger partial charge on any atom is -0.497 e. The van der Waals surface area contributed by atoms with Crippen molar-refractivity contribution in [2.45, 2.75) is 19.4 Å². The number of benzene rings is 1. The second kappa shape index (κ2) is 8.64. The number of amides is 1. The Bertz CT molecular complexity index is 445. The maximum absolute atomic E-state index is 12.1. The molecule has 0 bridgehead atoms. The zero-order valence-corrected chi connectivity index (χ0v) is 13.4. The fourth-order valence-corrected chi connectivity index (χ4v) is 2.25. The summed E-state index contributed by atoms with van der Waals surface area (Å²) in [6.45, 7) is 2.91. The van der Waals surface area contributed by atoms with Gasteiger partial charge in [0.15, 0.2) is 0 Å². The highest BCUT2D eigenvalue weighted by Gasteiger charge is 2.19. The number of methoxy groups -OCH3 is 1. The summed E-state index contributed by atoms with van der Waals surface area (Å²) in [5.41, 5.74) is 6.72. The van der Waals surface area contributed by atoms with Gasteiger partial charge in [-0.2, -0.15) is 0 Å². The van der Waals surface area contributed by atoms with Crippen LogP contribution in [0, 0.1) is 5.92 Å². The smallest absolute Gasteiger partial charge is 0.224 e. The number of hydrogen-bond acceptors (Lipinski definition) is 4. The molecule has 3 N–H and O–H groups in total. The van der Waals surface area contributed by atoms with E-state index in [9.17, 15) is 4.79 Å². The number of nitrogens with zero attached hydrogens (tertiary/aromatic N) is 1. The first-order valence-electron chi connectivity index (χ1n) is 7.31. The number of likely N-dealkylation sites (N-methyl/N-ethyl adjacent to an activating group) is 1. The SMILES string of the molecule is CCC(CN)C(=O)NCC(c1cccc(OC)c1)N(C)C. The monoisotopic (exact) mass is 293 g/mol. The Hall–Kier alpha value is -1.59. The van der Waals surface area contributed by atoms with Crippen molar-refractivity contribution in [1.82, 2.24) is 10.2 Å². The molecule has 0 saturated carbocycles. The quantitative estimate of drug-likeness (QED) is 0.760. The molecule has 1 aromatic rings. The van der Waals surface area contributed by atoms with E-state index in [1.807, 2.05) is 45.3 Å². The van der Waals surface area contributed by atoms with E-state index in [0.717, 1.165) is 17.7 Å². The first-order valence-corrected chi connectivity index (χ1v) is 7.31. The van der Waals surface area contributed by atoms with Crippen molar-refractivity contribution in [3.05, 3.63) is 29.8 Å². The molecule has 0 aliphatic carbocycles. The van der Waals surface area contributed by atoms with E-state index in [2.05, 4.69) is 10.2 Å². The molecular weight excluding hydrogens is 266 g/mol. The van der Waals surface area contributed by atoms with Gasteiger partial charge in [0.25, 0.3) is 0 Å². The van der Waals surface area contributed by atoms with Crippen LogP contribution < -0.4 is 15.8 Å². The highest BCUT2D eigenvalue weighted by Crippen LogP contribution is 2.22. The van der Waals surface area contributed by atoms with E-state index in [1.54, 1.807) is 7.11 Å². The molecule has 2 atom stereocenters. The number of ether oxygens (including phenoxy) is 1. The molecule has 1 rings (SSSR count). The van der Waals surface area contributed by atoms with E-state index < -0.39 is 0 Å². The van der Waals surface area contributed by atoms with Crippen LogP contribution in [0.4, 0.5) is 0 Å². The first-order chi connectivity index (χ1) is 10.0. The summed E-state index contributed by atoms with van der Waals surface area (Å²) in [6.07, 6.45) is 0.758. The lowest BCUT2D eigenvalue weighted by Crippen LogP contribution is -2.39. The highest BCUT2D eigenvalue weighted by molar-refractivity contribution is 5.78. The molecule has 2 unspecified atom stereocenters. The van der Waals surface area contributed by atoms with Crippen LogP contribution in [-0.4, -0.2) is 45.1 Å². The summed E-state index contributed by atoms with van der Waals surface area (Å²) in [7, 11) is 5.64. The van der Waals surface area contributed by atoms with Crippen LogP contribution in [0.25, 0.3) is 0 Å². The molecule has 0 fully saturated rings. The van der Waals surface area contributed by atoms with E-state index in [0.29, 0.717) is 13.1 Å². The second-order valence-electron chi connectivity index (χ2n) is 5.34. The fraction of sp³-hybridized carbons (Fsp3) is 0.562. The maximum Gasteiger partial charge on any atom is 0.224 e. The molecule has 1 aromatic carbocycles. The summed E-state index contributed by atoms with van der Waals surface area (Å²) in [5.74, 6) is 0.729. The molecule has 0 saturated heterocycles. The second-order valence-corrected chi connectivity index (χ2v) is 5.34. The summed E-state index contributed by atoms with van der Waals surface area (Å²) in [6, 6.07) is 8.01. The zero-order chi connectivity index (χ0) is 15.8. The van der Waals surface area contributed by atoms with E-state index in [1.165, 1.54) is 0 Å². The lowest BCUT2D eigenvalue weighted by atomic mass is 10.0. The van der Waals surface area contributed by atoms with Crippen LogP contribution in [0.5, 0.6) is 5.75 Å². The predicted molar refractivity (Wildman–Crippen MR) is 85.3 cm³/mol. The van der Waals surface area contributed by atoms with Gasteiger partial charge in [0.05, 0.1) is 13.2 Å². The van der Waals surface area contributed by atoms with Crippen LogP contribution in [0.15, 0.2) is 24.3 Å². The van der Waals surface area contributed by atoms with Gasteiger partial charge in [-0.3, -0.25) is 4.79 Å². The predicted octanol–water partition coefficient (Wildman–Crippen LogP) is 1.40. The van der Waals surface area contributed by atoms with Crippen molar-refractivity contribution >= 4 is 5.91 Å². The van der Waals surface area contributed by atoms with Gasteiger partial charge in [0.2, 0.25) is 5.91 Å². The average molecular weight is 293 g/mol. The van der Waals surface area contributed by atoms with Crippen molar-refractivity contribution in [1.29, 1.82) is 0 Å². The van der Waals surface area contributed by atoms with E-state index in [-0.39, 0.29) is 17.9 Å². The van der Waals surface area contributed by atoms with Crippen LogP contribution in [0.1, 0.15) is 24.9 Å². The normalized spacial score (nSPS) is 13.8. The van der Waals surface area contributed by atoms with Crippen molar-refractivity contribution in [2.24, 2.45) is 11.7 Å². The third-order valence-electron chi connectivity index (χ3n) is 3.72. The zero-order valence-electron chi connectivity index (χ0n) is 13.4. The van der Waals surface area contributed by atoms with Crippen LogP contribution in [0.2, 0.25) is 0 Å². The van der Waals surface area contributed by atoms with E-state index in [4.69, 9.17) is 10.5 Å². The molecule has 21 heavy (non-hydrogen) atoms. The lowest BCUT2D eigenvalue weighted by molar-refractivity contribution is -0.125. The number of hydrogen-bond donors (Lipinski definition) is 2. The van der Waals surface area contributed by atoms with Crippen molar-refractivity contribution in [3.8, 4) is 5.75 Å². The minimum absolute atomic E-state index is 0.0229. The molecule has 118 valence electrons. The van der Waals surface area contributed by atoms with Crippen LogP contribution in [-0.2, 0) is 4.79 Å². The molecule has 1 amide bonds. The topological polar surface area (TPSA) is 67.6 Å². The molecule has 0 spiro atoms. The molecule has 0 heterocycles. The standard InChI is InChI=1S/C16H27N3O2/c1-5-12(10-17)16(20)18-11-15(19(2)3)13-7-6-8-14(9-13)21-4/h6-9,12,15H,5,10-11,17H2,1-4H3,(H,18,20). The number of nitrogens with one attached hydrogen (secondary N) is 1. The summed E-state index contributed by atoms with van der Waals surface area (Å²) < 4.78 is 5.26. The van der Waals surface area contributed by atoms with Crippen molar-refractivity contribution < 1.29 is 9.53 Å². The van der Waals surface area contributed by atoms with Gasteiger partial charge < -0.3 is 20.7 Å². The fourth-order valence-electron chi connectivity index (χ4n) is 2.25. The average Bonchev–Trinajstić information content (AvgIpc) is 2.48.